The van der Waals surface area contributed by atoms with Gasteiger partial charge in [-0.15, -0.1) is 0 Å². The minimum Gasteiger partial charge on any atom is -0.497 e. The second-order valence-electron chi connectivity index (χ2n) is 9.16. The van der Waals surface area contributed by atoms with E-state index in [4.69, 9.17) is 15.2 Å². The van der Waals surface area contributed by atoms with Crippen molar-refractivity contribution in [2.24, 2.45) is 0 Å². The fourth-order valence-electron chi connectivity index (χ4n) is 4.07. The van der Waals surface area contributed by atoms with E-state index < -0.39 is 24.0 Å². The number of aromatic nitrogens is 2. The summed E-state index contributed by atoms with van der Waals surface area (Å²) in [6, 6.07) is 16.0. The van der Waals surface area contributed by atoms with Crippen LogP contribution in [0, 0.1) is 0 Å². The van der Waals surface area contributed by atoms with E-state index in [0.717, 1.165) is 5.56 Å². The van der Waals surface area contributed by atoms with Crippen LogP contribution in [0.1, 0.15) is 47.3 Å². The van der Waals surface area contributed by atoms with Crippen LogP contribution in [-0.4, -0.2) is 47.2 Å². The number of aliphatic hydroxyl groups excluding tert-OH is 1. The molecule has 2 unspecified atom stereocenters. The van der Waals surface area contributed by atoms with E-state index in [1.165, 1.54) is 14.2 Å². The van der Waals surface area contributed by atoms with Gasteiger partial charge >= 0.3 is 0 Å². The van der Waals surface area contributed by atoms with Crippen molar-refractivity contribution in [3.8, 4) is 11.5 Å². The lowest BCUT2D eigenvalue weighted by Gasteiger charge is -2.25. The van der Waals surface area contributed by atoms with Crippen LogP contribution in [0.4, 0.5) is 11.6 Å². The number of amides is 2. The number of anilines is 2. The van der Waals surface area contributed by atoms with Gasteiger partial charge in [0.1, 0.15) is 11.5 Å². The van der Waals surface area contributed by atoms with Gasteiger partial charge in [0.15, 0.2) is 12.1 Å². The largest absolute Gasteiger partial charge is 0.497 e. The molecule has 0 spiro atoms. The summed E-state index contributed by atoms with van der Waals surface area (Å²) in [7, 11) is 2.98. The average Bonchev–Trinajstić information content (AvgIpc) is 3.30. The molecule has 2 atom stereocenters. The molecule has 38 heavy (non-hydrogen) atoms. The number of hydrogen-bond acceptors (Lipinski definition) is 7. The van der Waals surface area contributed by atoms with Gasteiger partial charge in [0.2, 0.25) is 0 Å². The summed E-state index contributed by atoms with van der Waals surface area (Å²) < 4.78 is 10.7. The number of benzene rings is 3. The maximum absolute atomic E-state index is 13.2. The summed E-state index contributed by atoms with van der Waals surface area (Å²) in [6.45, 7) is 4.13. The molecule has 0 aliphatic carbocycles. The molecule has 0 saturated carbocycles. The quantitative estimate of drug-likeness (QED) is 0.227. The fraction of sp³-hybridized carbons (Fsp3) is 0.250. The van der Waals surface area contributed by atoms with Crippen molar-refractivity contribution in [2.45, 2.75) is 31.9 Å². The van der Waals surface area contributed by atoms with Gasteiger partial charge in [0.25, 0.3) is 11.8 Å². The molecule has 4 rings (SSSR count). The van der Waals surface area contributed by atoms with Gasteiger partial charge in [-0.1, -0.05) is 26.0 Å². The number of methoxy groups -OCH3 is 2. The molecule has 6 N–H and O–H groups in total. The van der Waals surface area contributed by atoms with E-state index in [1.54, 1.807) is 48.5 Å². The molecule has 2 amide bonds. The Bertz CT molecular complexity index is 1430. The molecule has 198 valence electrons. The molecule has 0 bridgehead atoms. The Hall–Kier alpha value is -4.57. The molecule has 0 saturated heterocycles. The summed E-state index contributed by atoms with van der Waals surface area (Å²) in [6.07, 6.45) is -1.66. The van der Waals surface area contributed by atoms with Gasteiger partial charge < -0.3 is 35.9 Å². The number of imidazole rings is 1. The summed E-state index contributed by atoms with van der Waals surface area (Å²) >= 11 is 0. The van der Waals surface area contributed by atoms with Gasteiger partial charge in [-0.05, 0) is 59.5 Å². The van der Waals surface area contributed by atoms with Crippen molar-refractivity contribution in [2.75, 3.05) is 25.3 Å². The minimum absolute atomic E-state index is 0.250. The summed E-state index contributed by atoms with van der Waals surface area (Å²) in [5.74, 6) is 0.267. The van der Waals surface area contributed by atoms with E-state index in [2.05, 4.69) is 34.4 Å². The molecule has 1 aromatic heterocycles. The van der Waals surface area contributed by atoms with Crippen LogP contribution >= 0.6 is 0 Å². The number of ether oxygens (including phenoxy) is 2. The number of nitrogens with one attached hydrogen (secondary N) is 3. The minimum atomic E-state index is -1.66. The molecule has 0 aliphatic rings. The molecular formula is C28H31N5O5. The maximum Gasteiger partial charge on any atom is 0.255 e. The second kappa shape index (κ2) is 11.2. The highest BCUT2D eigenvalue weighted by atomic mass is 16.5. The lowest BCUT2D eigenvalue weighted by atomic mass is 9.98. The predicted molar refractivity (Wildman–Crippen MR) is 145 cm³/mol. The number of nitrogen functional groups attached to an aromatic ring is 1. The Morgan fingerprint density at radius 3 is 2.21 bits per heavy atom. The van der Waals surface area contributed by atoms with E-state index in [-0.39, 0.29) is 5.95 Å². The zero-order chi connectivity index (χ0) is 27.4. The van der Waals surface area contributed by atoms with Crippen LogP contribution < -0.4 is 25.8 Å². The Morgan fingerprint density at radius 2 is 1.61 bits per heavy atom. The SMILES string of the molecule is COc1cc(OC)cc(C(NC(=O)c2ccc(C(C)C)cc2)C(O)C(=O)Nc2ccc3nc(N)[nH]c3c2)c1. The monoisotopic (exact) mass is 517 g/mol. The molecule has 1 heterocycles. The van der Waals surface area contributed by atoms with Crippen LogP contribution in [0.25, 0.3) is 11.0 Å². The number of fused-ring (bicyclic) bond motifs is 1. The van der Waals surface area contributed by atoms with Gasteiger partial charge in [-0.2, -0.15) is 0 Å². The molecule has 0 radical (unpaired) electrons. The number of H-pyrrole nitrogens is 1. The third-order valence-corrected chi connectivity index (χ3v) is 6.21. The molecule has 0 aliphatic heterocycles. The highest BCUT2D eigenvalue weighted by Gasteiger charge is 2.31. The molecule has 10 nitrogen and oxygen atoms in total. The molecule has 10 heteroatoms. The first-order valence-corrected chi connectivity index (χ1v) is 12.1. The lowest BCUT2D eigenvalue weighted by Crippen LogP contribution is -2.42. The van der Waals surface area contributed by atoms with Crippen molar-refractivity contribution in [3.05, 3.63) is 77.4 Å². The summed E-state index contributed by atoms with van der Waals surface area (Å²) in [5.41, 5.74) is 9.29. The van der Waals surface area contributed by atoms with Crippen molar-refractivity contribution in [1.82, 2.24) is 15.3 Å². The number of carbonyl (C=O) groups is 2. The van der Waals surface area contributed by atoms with Crippen molar-refractivity contribution < 1.29 is 24.2 Å². The Balaban J connectivity index is 1.63. The standard InChI is InChI=1S/C28H31N5O5/c1-15(2)16-5-7-17(8-6-16)26(35)33-24(18-11-20(37-3)14-21(12-18)38-4)25(34)27(36)30-19-9-10-22-23(13-19)32-28(29)31-22/h5-15,24-25,34H,1-4H3,(H,30,36)(H,33,35)(H3,29,31,32). The average molecular weight is 518 g/mol. The first kappa shape index (κ1) is 26.5. The van der Waals surface area contributed by atoms with Crippen LogP contribution in [0.3, 0.4) is 0 Å². The zero-order valence-corrected chi connectivity index (χ0v) is 21.6. The first-order chi connectivity index (χ1) is 18.2. The van der Waals surface area contributed by atoms with Crippen LogP contribution in [-0.2, 0) is 4.79 Å². The van der Waals surface area contributed by atoms with E-state index in [9.17, 15) is 14.7 Å². The van der Waals surface area contributed by atoms with Crippen LogP contribution in [0.5, 0.6) is 11.5 Å². The normalized spacial score (nSPS) is 12.7. The van der Waals surface area contributed by atoms with Crippen molar-refractivity contribution >= 4 is 34.5 Å². The maximum atomic E-state index is 13.2. The summed E-state index contributed by atoms with van der Waals surface area (Å²) in [5, 5.41) is 16.7. The number of nitrogens with zero attached hydrogens (tertiary/aromatic N) is 1. The topological polar surface area (TPSA) is 152 Å². The molecular weight excluding hydrogens is 486 g/mol. The van der Waals surface area contributed by atoms with Crippen LogP contribution in [0.15, 0.2) is 60.7 Å². The Labute approximate surface area is 220 Å². The molecule has 4 aromatic rings. The van der Waals surface area contributed by atoms with E-state index >= 15 is 0 Å². The van der Waals surface area contributed by atoms with Crippen molar-refractivity contribution in [1.29, 1.82) is 0 Å². The van der Waals surface area contributed by atoms with Gasteiger partial charge in [-0.3, -0.25) is 9.59 Å². The zero-order valence-electron chi connectivity index (χ0n) is 21.6. The second-order valence-corrected chi connectivity index (χ2v) is 9.16. The smallest absolute Gasteiger partial charge is 0.255 e. The Morgan fingerprint density at radius 1 is 0.947 bits per heavy atom. The molecule has 3 aromatic carbocycles. The molecule has 0 fully saturated rings. The number of aliphatic hydroxyl groups is 1. The highest BCUT2D eigenvalue weighted by molar-refractivity contribution is 5.98. The van der Waals surface area contributed by atoms with E-state index in [0.29, 0.717) is 45.3 Å². The Kier molecular flexibility index (Phi) is 7.82. The summed E-state index contributed by atoms with van der Waals surface area (Å²) in [4.78, 5) is 33.4. The lowest BCUT2D eigenvalue weighted by molar-refractivity contribution is -0.125. The third kappa shape index (κ3) is 5.87. The predicted octanol–water partition coefficient (Wildman–Crippen LogP) is 3.76. The third-order valence-electron chi connectivity index (χ3n) is 6.21. The highest BCUT2D eigenvalue weighted by Crippen LogP contribution is 2.29. The number of hydrogen-bond donors (Lipinski definition) is 5. The van der Waals surface area contributed by atoms with E-state index in [1.807, 2.05) is 12.1 Å². The van der Waals surface area contributed by atoms with Gasteiger partial charge in [-0.25, -0.2) is 4.98 Å². The number of rotatable bonds is 9. The fourth-order valence-corrected chi connectivity index (χ4v) is 4.07. The van der Waals surface area contributed by atoms with Gasteiger partial charge in [0.05, 0.1) is 31.3 Å². The first-order valence-electron chi connectivity index (χ1n) is 12.1. The van der Waals surface area contributed by atoms with Crippen molar-refractivity contribution in [3.63, 3.8) is 0 Å². The number of nitrogens with two attached hydrogens (primary N) is 1. The number of carbonyl (C=O) groups excluding carboxylic acids is 2. The number of aromatic amines is 1. The van der Waals surface area contributed by atoms with Crippen LogP contribution in [0.2, 0.25) is 0 Å². The van der Waals surface area contributed by atoms with Gasteiger partial charge in [0, 0.05) is 17.3 Å².